The first kappa shape index (κ1) is 26.0. The van der Waals surface area contributed by atoms with Crippen LogP contribution in [0.2, 0.25) is 0 Å². The molecule has 0 amide bonds. The number of benzene rings is 3. The minimum Gasteiger partial charge on any atom is -0.492 e. The van der Waals surface area contributed by atoms with E-state index >= 15 is 0 Å². The lowest BCUT2D eigenvalue weighted by atomic mass is 9.90. The summed E-state index contributed by atoms with van der Waals surface area (Å²) in [4.78, 5) is 11.7. The second-order valence-electron chi connectivity index (χ2n) is 10.1. The fourth-order valence-corrected chi connectivity index (χ4v) is 5.61. The molecule has 1 aliphatic heterocycles. The summed E-state index contributed by atoms with van der Waals surface area (Å²) in [5, 5.41) is 3.99. The molecule has 0 saturated carbocycles. The van der Waals surface area contributed by atoms with Crippen LogP contribution in [0.15, 0.2) is 65.2 Å². The maximum atomic E-state index is 14.2. The Morgan fingerprint density at radius 1 is 1.02 bits per heavy atom. The molecular formula is C31H26F3NO5. The molecule has 2 atom stereocenters. The number of rotatable bonds is 6. The van der Waals surface area contributed by atoms with E-state index in [1.54, 1.807) is 43.3 Å². The van der Waals surface area contributed by atoms with Gasteiger partial charge in [-0.25, -0.2) is 0 Å². The maximum absolute atomic E-state index is 14.2. The van der Waals surface area contributed by atoms with Crippen LogP contribution in [-0.4, -0.2) is 24.8 Å². The van der Waals surface area contributed by atoms with Gasteiger partial charge in [-0.05, 0) is 54.2 Å². The number of methoxy groups -OCH3 is 1. The van der Waals surface area contributed by atoms with Gasteiger partial charge in [0.05, 0.1) is 25.7 Å². The Hall–Kier alpha value is -4.27. The lowest BCUT2D eigenvalue weighted by molar-refractivity contribution is -0.141. The first-order valence-electron chi connectivity index (χ1n) is 13.0. The van der Waals surface area contributed by atoms with E-state index < -0.39 is 17.8 Å². The van der Waals surface area contributed by atoms with Gasteiger partial charge in [-0.1, -0.05) is 41.6 Å². The van der Waals surface area contributed by atoms with Crippen molar-refractivity contribution in [3.8, 4) is 33.9 Å². The molecule has 6 nitrogen and oxygen atoms in total. The van der Waals surface area contributed by atoms with Crippen molar-refractivity contribution in [2.45, 2.75) is 44.4 Å². The van der Waals surface area contributed by atoms with Crippen molar-refractivity contribution in [1.29, 1.82) is 0 Å². The SMILES string of the molecule is COC(=O)C[C@@H]1COc2cc(O[C@@H]3CCc4c3ccc(C(F)(F)F)c4-c3ccc(-c4cc(C)on4)cc3)ccc21. The summed E-state index contributed by atoms with van der Waals surface area (Å²) in [6.45, 7) is 2.16. The molecule has 0 fully saturated rings. The molecule has 1 aromatic heterocycles. The summed E-state index contributed by atoms with van der Waals surface area (Å²) in [5.74, 6) is 1.46. The molecular weight excluding hydrogens is 523 g/mol. The number of hydrogen-bond donors (Lipinski definition) is 0. The number of alkyl halides is 3. The molecule has 0 bridgehead atoms. The molecule has 0 unspecified atom stereocenters. The largest absolute Gasteiger partial charge is 0.492 e. The van der Waals surface area contributed by atoms with Crippen molar-refractivity contribution in [1.82, 2.24) is 5.16 Å². The van der Waals surface area contributed by atoms with E-state index in [1.165, 1.54) is 13.2 Å². The smallest absolute Gasteiger partial charge is 0.417 e. The van der Waals surface area contributed by atoms with Crippen LogP contribution in [0.3, 0.4) is 0 Å². The number of fused-ring (bicyclic) bond motifs is 2. The minimum absolute atomic E-state index is 0.0910. The van der Waals surface area contributed by atoms with Crippen LogP contribution in [0.25, 0.3) is 22.4 Å². The zero-order valence-corrected chi connectivity index (χ0v) is 21.9. The third-order valence-corrected chi connectivity index (χ3v) is 7.54. The highest BCUT2D eigenvalue weighted by Gasteiger charge is 2.38. The summed E-state index contributed by atoms with van der Waals surface area (Å²) < 4.78 is 64.4. The topological polar surface area (TPSA) is 70.8 Å². The van der Waals surface area contributed by atoms with Crippen LogP contribution >= 0.6 is 0 Å². The van der Waals surface area contributed by atoms with E-state index in [9.17, 15) is 18.0 Å². The molecule has 2 heterocycles. The van der Waals surface area contributed by atoms with Crippen LogP contribution in [0.5, 0.6) is 11.5 Å². The maximum Gasteiger partial charge on any atom is 0.417 e. The summed E-state index contributed by atoms with van der Waals surface area (Å²) in [6, 6.07) is 16.8. The third-order valence-electron chi connectivity index (χ3n) is 7.54. The molecule has 0 saturated heterocycles. The fraction of sp³-hybridized carbons (Fsp3) is 0.290. The molecule has 9 heteroatoms. The highest BCUT2D eigenvalue weighted by Crippen LogP contribution is 2.47. The molecule has 206 valence electrons. The molecule has 40 heavy (non-hydrogen) atoms. The third kappa shape index (κ3) is 4.80. The average molecular weight is 550 g/mol. The number of carbonyl (C=O) groups excluding carboxylic acids is 1. The molecule has 1 aliphatic carbocycles. The van der Waals surface area contributed by atoms with Gasteiger partial charge in [-0.3, -0.25) is 4.79 Å². The number of esters is 1. The Balaban J connectivity index is 1.30. The Morgan fingerprint density at radius 3 is 2.48 bits per heavy atom. The Bertz CT molecular complexity index is 1580. The normalized spacial score (nSPS) is 17.7. The first-order valence-corrected chi connectivity index (χ1v) is 13.0. The van der Waals surface area contributed by atoms with Gasteiger partial charge in [0.2, 0.25) is 0 Å². The number of aryl methyl sites for hydroxylation is 1. The zero-order chi connectivity index (χ0) is 28.0. The molecule has 0 radical (unpaired) electrons. The Labute approximate surface area is 228 Å². The average Bonchev–Trinajstić information content (AvgIpc) is 3.66. The van der Waals surface area contributed by atoms with Crippen molar-refractivity contribution in [3.63, 3.8) is 0 Å². The quantitative estimate of drug-likeness (QED) is 0.233. The number of hydrogen-bond acceptors (Lipinski definition) is 6. The molecule has 4 aromatic rings. The molecule has 6 rings (SSSR count). The highest BCUT2D eigenvalue weighted by atomic mass is 19.4. The predicted octanol–water partition coefficient (Wildman–Crippen LogP) is 7.44. The van der Waals surface area contributed by atoms with Crippen LogP contribution < -0.4 is 9.47 Å². The van der Waals surface area contributed by atoms with Gasteiger partial charge in [0.25, 0.3) is 0 Å². The summed E-state index contributed by atoms with van der Waals surface area (Å²) in [6.07, 6.45) is -3.69. The van der Waals surface area contributed by atoms with Gasteiger partial charge in [-0.2, -0.15) is 13.2 Å². The van der Waals surface area contributed by atoms with Gasteiger partial charge in [-0.15, -0.1) is 0 Å². The molecule has 0 spiro atoms. The standard InChI is InChI=1S/C31H26F3NO5/c1-17-13-26(35-40-17)18-3-5-19(6-4-18)30-24-10-12-27(23(24)9-11-25(30)31(32,33)34)39-21-7-8-22-20(14-29(36)37-2)16-38-28(22)15-21/h3-9,11,13,15,20,27H,10,12,14,16H2,1-2H3/t20-,27-/m1/s1. The predicted molar refractivity (Wildman–Crippen MR) is 140 cm³/mol. The van der Waals surface area contributed by atoms with Gasteiger partial charge < -0.3 is 18.7 Å². The van der Waals surface area contributed by atoms with Crippen molar-refractivity contribution >= 4 is 5.97 Å². The van der Waals surface area contributed by atoms with E-state index in [0.717, 1.165) is 22.8 Å². The first-order chi connectivity index (χ1) is 19.2. The van der Waals surface area contributed by atoms with Crippen molar-refractivity contribution < 1.29 is 36.7 Å². The van der Waals surface area contributed by atoms with Gasteiger partial charge >= 0.3 is 12.1 Å². The van der Waals surface area contributed by atoms with E-state index in [2.05, 4.69) is 5.16 Å². The number of nitrogens with zero attached hydrogens (tertiary/aromatic N) is 1. The summed E-state index contributed by atoms with van der Waals surface area (Å²) in [7, 11) is 1.35. The second-order valence-corrected chi connectivity index (χ2v) is 10.1. The van der Waals surface area contributed by atoms with E-state index in [4.69, 9.17) is 18.7 Å². The lowest BCUT2D eigenvalue weighted by Gasteiger charge is -2.20. The van der Waals surface area contributed by atoms with Crippen molar-refractivity contribution in [2.75, 3.05) is 13.7 Å². The summed E-state index contributed by atoms with van der Waals surface area (Å²) in [5.41, 5.74) is 3.67. The number of aromatic nitrogens is 1. The lowest BCUT2D eigenvalue weighted by Crippen LogP contribution is -2.10. The summed E-state index contributed by atoms with van der Waals surface area (Å²) >= 11 is 0. The van der Waals surface area contributed by atoms with Gasteiger partial charge in [0, 0.05) is 29.2 Å². The fourth-order valence-electron chi connectivity index (χ4n) is 5.61. The van der Waals surface area contributed by atoms with Crippen molar-refractivity contribution in [3.05, 3.63) is 88.7 Å². The van der Waals surface area contributed by atoms with E-state index in [-0.39, 0.29) is 23.9 Å². The molecule has 3 aromatic carbocycles. The number of carbonyl (C=O) groups is 1. The molecule has 0 N–H and O–H groups in total. The minimum atomic E-state index is -4.51. The zero-order valence-electron chi connectivity index (χ0n) is 21.9. The Morgan fingerprint density at radius 2 is 1.77 bits per heavy atom. The van der Waals surface area contributed by atoms with Crippen LogP contribution in [0.1, 0.15) is 52.9 Å². The van der Waals surface area contributed by atoms with Crippen molar-refractivity contribution in [2.24, 2.45) is 0 Å². The molecule has 2 aliphatic rings. The van der Waals surface area contributed by atoms with Gasteiger partial charge in [0.15, 0.2) is 0 Å². The van der Waals surface area contributed by atoms with Crippen LogP contribution in [0, 0.1) is 6.92 Å². The highest BCUT2D eigenvalue weighted by molar-refractivity contribution is 5.76. The van der Waals surface area contributed by atoms with Gasteiger partial charge in [0.1, 0.15) is 29.1 Å². The number of halogens is 3. The van der Waals surface area contributed by atoms with E-state index in [0.29, 0.717) is 53.5 Å². The second kappa shape index (κ2) is 10.0. The Kier molecular flexibility index (Phi) is 6.52. The number of ether oxygens (including phenoxy) is 3. The van der Waals surface area contributed by atoms with Crippen LogP contribution in [0.4, 0.5) is 13.2 Å². The van der Waals surface area contributed by atoms with Crippen LogP contribution in [-0.2, 0) is 22.1 Å². The van der Waals surface area contributed by atoms with E-state index in [1.807, 2.05) is 12.1 Å². The monoisotopic (exact) mass is 549 g/mol.